The second-order valence-electron chi connectivity index (χ2n) is 5.11. The van der Waals surface area contributed by atoms with E-state index in [1.54, 1.807) is 0 Å². The molecule has 0 aliphatic rings. The molecule has 0 aliphatic heterocycles. The average Bonchev–Trinajstić information content (AvgIpc) is 2.77. The van der Waals surface area contributed by atoms with Crippen molar-refractivity contribution in [2.45, 2.75) is 46.8 Å². The van der Waals surface area contributed by atoms with Gasteiger partial charge in [0.25, 0.3) is 0 Å². The van der Waals surface area contributed by atoms with Crippen molar-refractivity contribution in [2.75, 3.05) is 0 Å². The summed E-state index contributed by atoms with van der Waals surface area (Å²) in [6.07, 6.45) is 0. The summed E-state index contributed by atoms with van der Waals surface area (Å²) in [7, 11) is 0. The first-order chi connectivity index (χ1) is 9.10. The van der Waals surface area contributed by atoms with E-state index in [1.807, 2.05) is 6.92 Å². The predicted molar refractivity (Wildman–Crippen MR) is 79.1 cm³/mol. The summed E-state index contributed by atoms with van der Waals surface area (Å²) in [5.41, 5.74) is 4.96. The van der Waals surface area contributed by atoms with E-state index in [0.29, 0.717) is 6.04 Å². The lowest BCUT2D eigenvalue weighted by atomic mass is 10.1. The van der Waals surface area contributed by atoms with Crippen molar-refractivity contribution >= 4 is 0 Å². The SMILES string of the molecule is CCn1nc(C)cc1CNC(C)c1ccc(C)cc1. The Morgan fingerprint density at radius 1 is 1.21 bits per heavy atom. The van der Waals surface area contributed by atoms with Crippen LogP contribution in [0.15, 0.2) is 30.3 Å². The minimum Gasteiger partial charge on any atom is -0.305 e. The number of rotatable bonds is 5. The highest BCUT2D eigenvalue weighted by Gasteiger charge is 2.07. The van der Waals surface area contributed by atoms with Crippen LogP contribution in [0.4, 0.5) is 0 Å². The molecule has 1 unspecified atom stereocenters. The Bertz CT molecular complexity index is 525. The molecule has 0 saturated heterocycles. The van der Waals surface area contributed by atoms with Gasteiger partial charge in [-0.3, -0.25) is 4.68 Å². The molecular weight excluding hydrogens is 234 g/mol. The standard InChI is InChI=1S/C16H23N3/c1-5-19-16(10-13(3)18-19)11-17-14(4)15-8-6-12(2)7-9-15/h6-10,14,17H,5,11H2,1-4H3. The fraction of sp³-hybridized carbons (Fsp3) is 0.438. The Balaban J connectivity index is 1.99. The molecule has 3 nitrogen and oxygen atoms in total. The van der Waals surface area contributed by atoms with Gasteiger partial charge in [-0.25, -0.2) is 0 Å². The molecule has 0 saturated carbocycles. The lowest BCUT2D eigenvalue weighted by molar-refractivity contribution is 0.531. The third-order valence-electron chi connectivity index (χ3n) is 3.45. The molecule has 1 aromatic carbocycles. The van der Waals surface area contributed by atoms with E-state index in [0.717, 1.165) is 18.8 Å². The third kappa shape index (κ3) is 3.44. The van der Waals surface area contributed by atoms with Gasteiger partial charge in [0.05, 0.1) is 11.4 Å². The van der Waals surface area contributed by atoms with Crippen LogP contribution in [0.25, 0.3) is 0 Å². The van der Waals surface area contributed by atoms with Gasteiger partial charge < -0.3 is 5.32 Å². The van der Waals surface area contributed by atoms with Gasteiger partial charge in [-0.1, -0.05) is 29.8 Å². The fourth-order valence-electron chi connectivity index (χ4n) is 2.25. The van der Waals surface area contributed by atoms with Gasteiger partial charge in [-0.2, -0.15) is 5.10 Å². The van der Waals surface area contributed by atoms with E-state index < -0.39 is 0 Å². The largest absolute Gasteiger partial charge is 0.305 e. The lowest BCUT2D eigenvalue weighted by Crippen LogP contribution is -2.20. The van der Waals surface area contributed by atoms with Crippen molar-refractivity contribution in [3.05, 3.63) is 52.8 Å². The van der Waals surface area contributed by atoms with Crippen molar-refractivity contribution in [2.24, 2.45) is 0 Å². The molecular formula is C16H23N3. The van der Waals surface area contributed by atoms with E-state index in [1.165, 1.54) is 16.8 Å². The van der Waals surface area contributed by atoms with Crippen LogP contribution >= 0.6 is 0 Å². The minimum absolute atomic E-state index is 0.348. The Hall–Kier alpha value is -1.61. The van der Waals surface area contributed by atoms with Crippen molar-refractivity contribution in [1.82, 2.24) is 15.1 Å². The van der Waals surface area contributed by atoms with Crippen LogP contribution < -0.4 is 5.32 Å². The van der Waals surface area contributed by atoms with Gasteiger partial charge in [-0.05, 0) is 39.3 Å². The highest BCUT2D eigenvalue weighted by molar-refractivity contribution is 5.23. The second kappa shape index (κ2) is 6.02. The molecule has 0 aliphatic carbocycles. The molecule has 1 atom stereocenters. The summed E-state index contributed by atoms with van der Waals surface area (Å²) in [6, 6.07) is 11.2. The molecule has 19 heavy (non-hydrogen) atoms. The molecule has 1 heterocycles. The van der Waals surface area contributed by atoms with Gasteiger partial charge in [0.2, 0.25) is 0 Å². The molecule has 0 spiro atoms. The maximum absolute atomic E-state index is 4.47. The third-order valence-corrected chi connectivity index (χ3v) is 3.45. The number of aryl methyl sites for hydroxylation is 3. The average molecular weight is 257 g/mol. The smallest absolute Gasteiger partial charge is 0.0597 e. The second-order valence-corrected chi connectivity index (χ2v) is 5.11. The van der Waals surface area contributed by atoms with Crippen LogP contribution in [0.5, 0.6) is 0 Å². The Morgan fingerprint density at radius 3 is 2.53 bits per heavy atom. The van der Waals surface area contributed by atoms with Crippen molar-refractivity contribution < 1.29 is 0 Å². The number of aromatic nitrogens is 2. The predicted octanol–water partition coefficient (Wildman–Crippen LogP) is 3.37. The molecule has 1 aromatic heterocycles. The number of nitrogens with zero attached hydrogens (tertiary/aromatic N) is 2. The molecule has 1 N–H and O–H groups in total. The summed E-state index contributed by atoms with van der Waals surface area (Å²) < 4.78 is 2.06. The van der Waals surface area contributed by atoms with Gasteiger partial charge in [0, 0.05) is 19.1 Å². The zero-order chi connectivity index (χ0) is 13.8. The molecule has 2 rings (SSSR count). The van der Waals surface area contributed by atoms with Crippen LogP contribution in [0.1, 0.15) is 42.4 Å². The minimum atomic E-state index is 0.348. The first-order valence-electron chi connectivity index (χ1n) is 6.93. The number of hydrogen-bond acceptors (Lipinski definition) is 2. The van der Waals surface area contributed by atoms with Crippen LogP contribution in [-0.4, -0.2) is 9.78 Å². The first kappa shape index (κ1) is 13.8. The Labute approximate surface area is 115 Å². The zero-order valence-electron chi connectivity index (χ0n) is 12.3. The quantitative estimate of drug-likeness (QED) is 0.890. The van der Waals surface area contributed by atoms with Crippen molar-refractivity contribution in [1.29, 1.82) is 0 Å². The van der Waals surface area contributed by atoms with E-state index in [9.17, 15) is 0 Å². The van der Waals surface area contributed by atoms with Gasteiger partial charge in [0.1, 0.15) is 0 Å². The summed E-state index contributed by atoms with van der Waals surface area (Å²) in [4.78, 5) is 0. The van der Waals surface area contributed by atoms with Crippen LogP contribution in [-0.2, 0) is 13.1 Å². The summed E-state index contributed by atoms with van der Waals surface area (Å²) >= 11 is 0. The van der Waals surface area contributed by atoms with Crippen molar-refractivity contribution in [3.8, 4) is 0 Å². The van der Waals surface area contributed by atoms with E-state index in [-0.39, 0.29) is 0 Å². The van der Waals surface area contributed by atoms with Crippen LogP contribution in [0.3, 0.4) is 0 Å². The highest BCUT2D eigenvalue weighted by atomic mass is 15.3. The normalized spacial score (nSPS) is 12.6. The molecule has 3 heteroatoms. The van der Waals surface area contributed by atoms with Crippen LogP contribution in [0, 0.1) is 13.8 Å². The van der Waals surface area contributed by atoms with Gasteiger partial charge in [0.15, 0.2) is 0 Å². The molecule has 0 radical (unpaired) electrons. The number of nitrogens with one attached hydrogen (secondary N) is 1. The maximum atomic E-state index is 4.47. The molecule has 0 amide bonds. The number of benzene rings is 1. The summed E-state index contributed by atoms with van der Waals surface area (Å²) in [6.45, 7) is 10.3. The summed E-state index contributed by atoms with van der Waals surface area (Å²) in [5.74, 6) is 0. The highest BCUT2D eigenvalue weighted by Crippen LogP contribution is 2.14. The van der Waals surface area contributed by atoms with Gasteiger partial charge >= 0.3 is 0 Å². The Kier molecular flexibility index (Phi) is 4.38. The summed E-state index contributed by atoms with van der Waals surface area (Å²) in [5, 5.41) is 8.03. The van der Waals surface area contributed by atoms with Crippen molar-refractivity contribution in [3.63, 3.8) is 0 Å². The van der Waals surface area contributed by atoms with Gasteiger partial charge in [-0.15, -0.1) is 0 Å². The van der Waals surface area contributed by atoms with E-state index in [2.05, 4.69) is 66.2 Å². The molecule has 2 aromatic rings. The molecule has 102 valence electrons. The van der Waals surface area contributed by atoms with E-state index in [4.69, 9.17) is 0 Å². The maximum Gasteiger partial charge on any atom is 0.0597 e. The van der Waals surface area contributed by atoms with E-state index >= 15 is 0 Å². The number of hydrogen-bond donors (Lipinski definition) is 1. The topological polar surface area (TPSA) is 29.9 Å². The lowest BCUT2D eigenvalue weighted by Gasteiger charge is -2.15. The Morgan fingerprint density at radius 2 is 1.89 bits per heavy atom. The monoisotopic (exact) mass is 257 g/mol. The zero-order valence-corrected chi connectivity index (χ0v) is 12.3. The first-order valence-corrected chi connectivity index (χ1v) is 6.93. The van der Waals surface area contributed by atoms with Crippen LogP contribution in [0.2, 0.25) is 0 Å². The molecule has 0 fully saturated rings. The molecule has 0 bridgehead atoms. The fourth-order valence-corrected chi connectivity index (χ4v) is 2.25.